The minimum Gasteiger partial charge on any atom is -0.477 e. The van der Waals surface area contributed by atoms with Crippen LogP contribution >= 0.6 is 0 Å². The van der Waals surface area contributed by atoms with Crippen molar-refractivity contribution in [3.63, 3.8) is 0 Å². The number of benzene rings is 1. The van der Waals surface area contributed by atoms with Gasteiger partial charge in [-0.2, -0.15) is 0 Å². The number of hydrogen-bond acceptors (Lipinski definition) is 14. The van der Waals surface area contributed by atoms with Gasteiger partial charge in [0.25, 0.3) is 0 Å². The number of hydrogen-bond donors (Lipinski definition) is 1. The number of carbonyl (C=O) groups is 4. The molecule has 5 aliphatic rings. The number of unbranched alkanes of at least 4 members (excludes halogenated alkanes) is 1. The van der Waals surface area contributed by atoms with Gasteiger partial charge in [0.2, 0.25) is 0 Å². The normalized spacial score (nSPS) is 31.0. The van der Waals surface area contributed by atoms with E-state index in [0.29, 0.717) is 31.4 Å². The molecule has 2 saturated heterocycles. The van der Waals surface area contributed by atoms with E-state index in [4.69, 9.17) is 37.9 Å². The van der Waals surface area contributed by atoms with E-state index in [1.807, 2.05) is 20.0 Å². The third kappa shape index (κ3) is 6.13. The maximum Gasteiger partial charge on any atom is 0.514 e. The number of aliphatic hydroxyl groups is 1. The molecule has 274 valence electrons. The molecule has 2 fully saturated rings. The summed E-state index contributed by atoms with van der Waals surface area (Å²) in [6, 6.07) is 3.24. The second-order valence-electron chi connectivity index (χ2n) is 15.1. The zero-order valence-electron chi connectivity index (χ0n) is 29.9. The van der Waals surface area contributed by atoms with E-state index in [9.17, 15) is 24.3 Å². The largest absolute Gasteiger partial charge is 0.514 e. The van der Waals surface area contributed by atoms with Gasteiger partial charge in [-0.25, -0.2) is 19.2 Å². The second-order valence-corrected chi connectivity index (χ2v) is 15.1. The molecule has 1 aromatic rings. The Balaban J connectivity index is 1.28. The van der Waals surface area contributed by atoms with Gasteiger partial charge in [0, 0.05) is 18.0 Å². The monoisotopic (exact) mass is 701 g/mol. The Hall–Kier alpha value is -3.72. The number of carbonyl (C=O) groups excluding carboxylic acids is 4. The lowest BCUT2D eigenvalue weighted by Gasteiger charge is -2.61. The number of esters is 3. The molecule has 3 aliphatic heterocycles. The van der Waals surface area contributed by atoms with Crippen molar-refractivity contribution in [3.8, 4) is 11.5 Å². The smallest absolute Gasteiger partial charge is 0.477 e. The molecular formula is C36H47NO13. The van der Waals surface area contributed by atoms with E-state index < -0.39 is 70.9 Å². The third-order valence-electron chi connectivity index (χ3n) is 10.1. The summed E-state index contributed by atoms with van der Waals surface area (Å²) in [5.74, 6) is -3.53. The predicted molar refractivity (Wildman–Crippen MR) is 173 cm³/mol. The van der Waals surface area contributed by atoms with Crippen LogP contribution in [0.1, 0.15) is 85.3 Å². The lowest BCUT2D eigenvalue weighted by Crippen LogP contribution is -2.74. The van der Waals surface area contributed by atoms with Crippen LogP contribution in [0.15, 0.2) is 24.0 Å². The SMILES string of the molecule is CCCCOC(=O)[C@H](C)OC(=O)[C@@H]1OC(C)(C)O[C@H]1C(=O)OC1=CC[C@@]2(O)[C@H]3Cc4ccc(OC(=O)OC(C)(C)C)c5c4[C@@]2(CCN3C)[C@H]1O5. The highest BCUT2D eigenvalue weighted by Gasteiger charge is 2.72. The first-order valence-corrected chi connectivity index (χ1v) is 17.2. The molecular weight excluding hydrogens is 654 g/mol. The van der Waals surface area contributed by atoms with Gasteiger partial charge < -0.3 is 47.9 Å². The van der Waals surface area contributed by atoms with E-state index in [-0.39, 0.29) is 36.3 Å². The molecule has 0 saturated carbocycles. The molecule has 0 aromatic heterocycles. The van der Waals surface area contributed by atoms with Crippen LogP contribution in [0.3, 0.4) is 0 Å². The Kier molecular flexibility index (Phi) is 9.24. The molecule has 14 heteroatoms. The molecule has 0 unspecified atom stereocenters. The zero-order chi connectivity index (χ0) is 36.4. The molecule has 2 bridgehead atoms. The minimum atomic E-state index is -1.55. The average molecular weight is 702 g/mol. The van der Waals surface area contributed by atoms with Gasteiger partial charge in [-0.05, 0) is 92.1 Å². The summed E-state index contributed by atoms with van der Waals surface area (Å²) in [6.45, 7) is 12.4. The van der Waals surface area contributed by atoms with Crippen molar-refractivity contribution in [2.24, 2.45) is 0 Å². The minimum absolute atomic E-state index is 0.114. The Morgan fingerprint density at radius 3 is 2.46 bits per heavy atom. The average Bonchev–Trinajstić information content (AvgIpc) is 3.55. The molecule has 1 spiro atoms. The molecule has 6 rings (SSSR count). The molecule has 0 radical (unpaired) electrons. The highest BCUT2D eigenvalue weighted by atomic mass is 16.8. The number of piperidine rings is 1. The molecule has 0 amide bonds. The van der Waals surface area contributed by atoms with E-state index in [1.165, 1.54) is 20.8 Å². The van der Waals surface area contributed by atoms with Crippen molar-refractivity contribution < 1.29 is 62.2 Å². The van der Waals surface area contributed by atoms with Crippen molar-refractivity contribution in [3.05, 3.63) is 35.1 Å². The van der Waals surface area contributed by atoms with E-state index >= 15 is 0 Å². The second kappa shape index (κ2) is 12.8. The van der Waals surface area contributed by atoms with Crippen molar-refractivity contribution in [1.29, 1.82) is 0 Å². The van der Waals surface area contributed by atoms with Gasteiger partial charge in [0.1, 0.15) is 11.4 Å². The predicted octanol–water partition coefficient (Wildman–Crippen LogP) is 3.62. The van der Waals surface area contributed by atoms with Gasteiger partial charge in [-0.3, -0.25) is 0 Å². The van der Waals surface area contributed by atoms with Gasteiger partial charge in [0.15, 0.2) is 41.7 Å². The van der Waals surface area contributed by atoms with Gasteiger partial charge in [-0.15, -0.1) is 0 Å². The van der Waals surface area contributed by atoms with Crippen LogP contribution in [-0.4, -0.2) is 102 Å². The number of nitrogens with zero attached hydrogens (tertiary/aromatic N) is 1. The topological polar surface area (TPSA) is 166 Å². The van der Waals surface area contributed by atoms with E-state index in [2.05, 4.69) is 4.90 Å². The fourth-order valence-corrected chi connectivity index (χ4v) is 7.87. The summed E-state index contributed by atoms with van der Waals surface area (Å²) < 4.78 is 45.7. The Labute approximate surface area is 291 Å². The van der Waals surface area contributed by atoms with Crippen LogP contribution < -0.4 is 9.47 Å². The van der Waals surface area contributed by atoms with Crippen molar-refractivity contribution in [2.45, 2.75) is 133 Å². The van der Waals surface area contributed by atoms with Crippen molar-refractivity contribution in [2.75, 3.05) is 20.2 Å². The van der Waals surface area contributed by atoms with Crippen LogP contribution in [-0.2, 0) is 54.6 Å². The van der Waals surface area contributed by atoms with Crippen LogP contribution in [0.25, 0.3) is 0 Å². The third-order valence-corrected chi connectivity index (χ3v) is 10.1. The first-order valence-electron chi connectivity index (χ1n) is 17.2. The Bertz CT molecular complexity index is 1600. The molecule has 1 N–H and O–H groups in total. The first-order chi connectivity index (χ1) is 23.4. The van der Waals surface area contributed by atoms with Crippen LogP contribution in [0.2, 0.25) is 0 Å². The fraction of sp³-hybridized carbons (Fsp3) is 0.667. The summed E-state index contributed by atoms with van der Waals surface area (Å²) >= 11 is 0. The molecule has 7 atom stereocenters. The summed E-state index contributed by atoms with van der Waals surface area (Å²) in [5, 5.41) is 12.6. The lowest BCUT2D eigenvalue weighted by molar-refractivity contribution is -0.181. The quantitative estimate of drug-likeness (QED) is 0.172. The molecule has 1 aromatic carbocycles. The number of ether oxygens (including phenoxy) is 8. The van der Waals surface area contributed by atoms with Crippen molar-refractivity contribution in [1.82, 2.24) is 4.90 Å². The fourth-order valence-electron chi connectivity index (χ4n) is 7.87. The number of likely N-dealkylation sites (tertiary alicyclic amines) is 1. The number of likely N-dealkylation sites (N-methyl/N-ethyl adjacent to an activating group) is 1. The van der Waals surface area contributed by atoms with Crippen LogP contribution in [0.5, 0.6) is 11.5 Å². The maximum atomic E-state index is 13.9. The van der Waals surface area contributed by atoms with Crippen LogP contribution in [0.4, 0.5) is 4.79 Å². The van der Waals surface area contributed by atoms with Gasteiger partial charge in [0.05, 0.1) is 17.6 Å². The molecule has 3 heterocycles. The van der Waals surface area contributed by atoms with E-state index in [0.717, 1.165) is 12.0 Å². The lowest BCUT2D eigenvalue weighted by atomic mass is 9.50. The molecule has 14 nitrogen and oxygen atoms in total. The standard InChI is InChI=1S/C36H47NO13/c1-9-10-17-43-29(38)19(2)44-30(39)26-27(49-34(6,7)48-26)31(40)45-22-13-14-36(42)23-18-20-11-12-21(46-32(41)50-33(3,4)5)25-24(20)35(36,28(22)47-25)15-16-37(23)8/h11-13,19,23,26-28,42H,9-10,14-18H2,1-8H3/t19-,23+,26+,27+,28-,35-,36+/m0/s1. The van der Waals surface area contributed by atoms with Gasteiger partial charge in [-0.1, -0.05) is 19.4 Å². The summed E-state index contributed by atoms with van der Waals surface area (Å²) in [4.78, 5) is 54.4. The molecule has 50 heavy (non-hydrogen) atoms. The summed E-state index contributed by atoms with van der Waals surface area (Å²) in [6.07, 6.45) is -2.03. The highest BCUT2D eigenvalue weighted by Crippen LogP contribution is 2.65. The highest BCUT2D eigenvalue weighted by molar-refractivity contribution is 5.88. The Morgan fingerprint density at radius 2 is 1.78 bits per heavy atom. The summed E-state index contributed by atoms with van der Waals surface area (Å²) in [7, 11) is 1.97. The zero-order valence-corrected chi connectivity index (χ0v) is 29.9. The Morgan fingerprint density at radius 1 is 1.08 bits per heavy atom. The van der Waals surface area contributed by atoms with Crippen LogP contribution in [0, 0.1) is 0 Å². The van der Waals surface area contributed by atoms with E-state index in [1.54, 1.807) is 32.9 Å². The maximum absolute atomic E-state index is 13.9. The van der Waals surface area contributed by atoms with Crippen molar-refractivity contribution >= 4 is 24.1 Å². The van der Waals surface area contributed by atoms with Gasteiger partial charge >= 0.3 is 24.1 Å². The molecule has 2 aliphatic carbocycles. The first kappa shape index (κ1) is 36.1. The number of rotatable bonds is 9. The summed E-state index contributed by atoms with van der Waals surface area (Å²) in [5.41, 5.74) is -1.53.